The molecule has 0 aliphatic rings. The van der Waals surface area contributed by atoms with Crippen molar-refractivity contribution in [2.45, 2.75) is 13.3 Å². The zero-order chi connectivity index (χ0) is 11.9. The van der Waals surface area contributed by atoms with Crippen LogP contribution >= 0.6 is 0 Å². The van der Waals surface area contributed by atoms with Gasteiger partial charge in [-0.2, -0.15) is 0 Å². The van der Waals surface area contributed by atoms with Crippen LogP contribution in [0, 0.1) is 6.92 Å². The Bertz CT molecular complexity index is 605. The van der Waals surface area contributed by atoms with E-state index in [4.69, 9.17) is 0 Å². The summed E-state index contributed by atoms with van der Waals surface area (Å²) in [5, 5.41) is 0.00519. The van der Waals surface area contributed by atoms with Gasteiger partial charge in [0.2, 0.25) is 0 Å². The van der Waals surface area contributed by atoms with Gasteiger partial charge in [0.1, 0.15) is 5.82 Å². The van der Waals surface area contributed by atoms with Gasteiger partial charge in [0.25, 0.3) is 12.0 Å². The normalized spacial score (nSPS) is 11.3. The third-order valence-electron chi connectivity index (χ3n) is 2.60. The maximum Gasteiger partial charge on any atom is 0.264 e. The first-order valence-corrected chi connectivity index (χ1v) is 4.76. The Labute approximate surface area is 90.3 Å². The molecule has 0 saturated heterocycles. The molecule has 1 aromatic heterocycles. The van der Waals surface area contributed by atoms with Crippen molar-refractivity contribution in [1.82, 2.24) is 9.55 Å². The maximum absolute atomic E-state index is 12.7. The first-order valence-electron chi connectivity index (χ1n) is 4.76. The van der Waals surface area contributed by atoms with Gasteiger partial charge in [-0.1, -0.05) is 12.1 Å². The first kappa shape index (κ1) is 10.7. The molecule has 2 aromatic rings. The minimum atomic E-state index is -2.67. The van der Waals surface area contributed by atoms with E-state index in [1.165, 1.54) is 23.7 Å². The predicted octanol–water partition coefficient (Wildman–Crippen LogP) is 2.18. The highest BCUT2D eigenvalue weighted by Gasteiger charge is 2.15. The van der Waals surface area contributed by atoms with Crippen LogP contribution in [0.25, 0.3) is 10.9 Å². The molecule has 0 unspecified atom stereocenters. The number of rotatable bonds is 1. The van der Waals surface area contributed by atoms with Gasteiger partial charge in [-0.15, -0.1) is 0 Å². The third kappa shape index (κ3) is 1.48. The van der Waals surface area contributed by atoms with Crippen molar-refractivity contribution in [2.24, 2.45) is 7.05 Å². The van der Waals surface area contributed by atoms with Crippen LogP contribution in [0.5, 0.6) is 0 Å². The number of halogens is 2. The number of benzene rings is 1. The van der Waals surface area contributed by atoms with E-state index in [-0.39, 0.29) is 10.9 Å². The fourth-order valence-electron chi connectivity index (χ4n) is 1.63. The number of nitrogens with zero attached hydrogens (tertiary/aromatic N) is 2. The molecule has 1 aromatic carbocycles. The highest BCUT2D eigenvalue weighted by molar-refractivity contribution is 5.81. The molecule has 0 fully saturated rings. The summed E-state index contributed by atoms with van der Waals surface area (Å²) in [6.07, 6.45) is -2.67. The second-order valence-electron chi connectivity index (χ2n) is 3.57. The lowest BCUT2D eigenvalue weighted by atomic mass is 10.1. The van der Waals surface area contributed by atoms with Gasteiger partial charge in [-0.3, -0.25) is 9.36 Å². The number of hydrogen-bond acceptors (Lipinski definition) is 2. The van der Waals surface area contributed by atoms with Crippen LogP contribution in [0.2, 0.25) is 0 Å². The van der Waals surface area contributed by atoms with Crippen molar-refractivity contribution in [1.29, 1.82) is 0 Å². The van der Waals surface area contributed by atoms with Gasteiger partial charge >= 0.3 is 0 Å². The lowest BCUT2D eigenvalue weighted by Gasteiger charge is -2.08. The Morgan fingerprint density at radius 2 is 2.06 bits per heavy atom. The summed E-state index contributed by atoms with van der Waals surface area (Å²) in [5.41, 5.74) is -0.373. The van der Waals surface area contributed by atoms with E-state index in [0.29, 0.717) is 11.3 Å². The summed E-state index contributed by atoms with van der Waals surface area (Å²) in [7, 11) is 1.52. The van der Waals surface area contributed by atoms with Crippen LogP contribution in [0.3, 0.4) is 0 Å². The van der Waals surface area contributed by atoms with E-state index in [2.05, 4.69) is 4.98 Å². The second-order valence-corrected chi connectivity index (χ2v) is 3.57. The van der Waals surface area contributed by atoms with Gasteiger partial charge in [0.05, 0.1) is 10.9 Å². The van der Waals surface area contributed by atoms with E-state index < -0.39 is 12.0 Å². The van der Waals surface area contributed by atoms with Crippen LogP contribution in [0.4, 0.5) is 8.78 Å². The molecule has 84 valence electrons. The largest absolute Gasteiger partial charge is 0.299 e. The summed E-state index contributed by atoms with van der Waals surface area (Å²) >= 11 is 0. The Morgan fingerprint density at radius 1 is 1.38 bits per heavy atom. The molecule has 2 rings (SSSR count). The van der Waals surface area contributed by atoms with Crippen molar-refractivity contribution in [3.63, 3.8) is 0 Å². The lowest BCUT2D eigenvalue weighted by molar-refractivity contribution is 0.153. The smallest absolute Gasteiger partial charge is 0.264 e. The molecule has 5 heteroatoms. The molecular weight excluding hydrogens is 214 g/mol. The molecule has 0 N–H and O–H groups in total. The number of aromatic nitrogens is 2. The minimum Gasteiger partial charge on any atom is -0.299 e. The van der Waals surface area contributed by atoms with Gasteiger partial charge in [0.15, 0.2) is 0 Å². The van der Waals surface area contributed by atoms with Gasteiger partial charge in [-0.05, 0) is 13.0 Å². The molecule has 0 atom stereocenters. The fourth-order valence-corrected chi connectivity index (χ4v) is 1.63. The summed E-state index contributed by atoms with van der Waals surface area (Å²) < 4.78 is 26.7. The molecule has 1 heterocycles. The molecule has 16 heavy (non-hydrogen) atoms. The Kier molecular flexibility index (Phi) is 2.46. The average molecular weight is 224 g/mol. The van der Waals surface area contributed by atoms with Gasteiger partial charge < -0.3 is 0 Å². The zero-order valence-electron chi connectivity index (χ0n) is 8.87. The molecule has 0 radical (unpaired) electrons. The zero-order valence-corrected chi connectivity index (χ0v) is 8.87. The summed E-state index contributed by atoms with van der Waals surface area (Å²) in [6.45, 7) is 1.66. The number of fused-ring (bicyclic) bond motifs is 1. The van der Waals surface area contributed by atoms with Crippen molar-refractivity contribution in [2.75, 3.05) is 0 Å². The molecule has 0 aliphatic heterocycles. The van der Waals surface area contributed by atoms with Crippen LogP contribution in [-0.4, -0.2) is 9.55 Å². The van der Waals surface area contributed by atoms with Crippen LogP contribution < -0.4 is 5.56 Å². The number of aryl methyl sites for hydroxylation is 1. The SMILES string of the molecule is Cc1nc2cccc(C(F)F)c2c(=O)n1C. The maximum atomic E-state index is 12.7. The predicted molar refractivity (Wildman–Crippen MR) is 56.7 cm³/mol. The van der Waals surface area contributed by atoms with Crippen LogP contribution in [0.15, 0.2) is 23.0 Å². The van der Waals surface area contributed by atoms with Crippen molar-refractivity contribution in [3.05, 3.63) is 39.9 Å². The van der Waals surface area contributed by atoms with E-state index in [1.807, 2.05) is 0 Å². The summed E-state index contributed by atoms with van der Waals surface area (Å²) in [6, 6.07) is 4.30. The molecule has 0 spiro atoms. The molecule has 3 nitrogen and oxygen atoms in total. The van der Waals surface area contributed by atoms with E-state index in [0.717, 1.165) is 0 Å². The van der Waals surface area contributed by atoms with Gasteiger partial charge in [-0.25, -0.2) is 13.8 Å². The highest BCUT2D eigenvalue weighted by atomic mass is 19.3. The summed E-state index contributed by atoms with van der Waals surface area (Å²) in [5.74, 6) is 0.504. The van der Waals surface area contributed by atoms with E-state index in [9.17, 15) is 13.6 Å². The standard InChI is InChI=1S/C11H10F2N2O/c1-6-14-8-5-3-4-7(10(12)13)9(8)11(16)15(6)2/h3-5,10H,1-2H3. The first-order chi connectivity index (χ1) is 7.52. The molecule has 0 bridgehead atoms. The second kappa shape index (κ2) is 3.66. The monoisotopic (exact) mass is 224 g/mol. The average Bonchev–Trinajstić information content (AvgIpc) is 2.25. The minimum absolute atomic E-state index is 0.00519. The van der Waals surface area contributed by atoms with Crippen LogP contribution in [0.1, 0.15) is 17.8 Å². The Hall–Kier alpha value is -1.78. The molecule has 0 saturated carbocycles. The van der Waals surface area contributed by atoms with Crippen molar-refractivity contribution in [3.8, 4) is 0 Å². The van der Waals surface area contributed by atoms with Crippen LogP contribution in [-0.2, 0) is 7.05 Å². The Balaban J connectivity index is 2.98. The van der Waals surface area contributed by atoms with E-state index in [1.54, 1.807) is 13.0 Å². The molecule has 0 aliphatic carbocycles. The Morgan fingerprint density at radius 3 is 2.69 bits per heavy atom. The van der Waals surface area contributed by atoms with E-state index >= 15 is 0 Å². The summed E-state index contributed by atoms with van der Waals surface area (Å²) in [4.78, 5) is 16.0. The topological polar surface area (TPSA) is 34.9 Å². The lowest BCUT2D eigenvalue weighted by Crippen LogP contribution is -2.21. The van der Waals surface area contributed by atoms with Gasteiger partial charge in [0, 0.05) is 12.6 Å². The quantitative estimate of drug-likeness (QED) is 0.744. The molecular formula is C11H10F2N2O. The number of hydrogen-bond donors (Lipinski definition) is 0. The van der Waals surface area contributed by atoms with Crippen molar-refractivity contribution < 1.29 is 8.78 Å². The number of alkyl halides is 2. The van der Waals surface area contributed by atoms with Crippen molar-refractivity contribution >= 4 is 10.9 Å². The molecule has 0 amide bonds. The fraction of sp³-hybridized carbons (Fsp3) is 0.273. The highest BCUT2D eigenvalue weighted by Crippen LogP contribution is 2.24. The third-order valence-corrected chi connectivity index (χ3v) is 2.60.